The molecule has 1 saturated heterocycles. The van der Waals surface area contributed by atoms with Gasteiger partial charge in [-0.1, -0.05) is 11.3 Å². The van der Waals surface area contributed by atoms with E-state index in [0.717, 1.165) is 37.2 Å². The molecule has 2 fully saturated rings. The summed E-state index contributed by atoms with van der Waals surface area (Å²) >= 11 is 1.24. The number of anilines is 1. The molecule has 2 aliphatic heterocycles. The van der Waals surface area contributed by atoms with Crippen molar-refractivity contribution in [2.24, 2.45) is 5.92 Å². The van der Waals surface area contributed by atoms with Crippen LogP contribution >= 0.6 is 11.3 Å². The summed E-state index contributed by atoms with van der Waals surface area (Å²) in [4.78, 5) is 42.6. The maximum Gasteiger partial charge on any atom is 0.265 e. The molecular formula is C19H24N6O2S. The first-order chi connectivity index (χ1) is 13.5. The van der Waals surface area contributed by atoms with E-state index in [0.29, 0.717) is 41.6 Å². The van der Waals surface area contributed by atoms with E-state index in [1.165, 1.54) is 11.3 Å². The monoisotopic (exact) mass is 400 g/mol. The number of aromatic nitrogens is 3. The fourth-order valence-corrected chi connectivity index (χ4v) is 5.50. The van der Waals surface area contributed by atoms with Gasteiger partial charge in [0.1, 0.15) is 4.88 Å². The number of carbonyl (C=O) groups excluding carboxylic acids is 2. The van der Waals surface area contributed by atoms with Crippen LogP contribution in [0.1, 0.15) is 52.4 Å². The van der Waals surface area contributed by atoms with E-state index in [-0.39, 0.29) is 17.7 Å². The molecule has 3 N–H and O–H groups in total. The molecule has 0 unspecified atom stereocenters. The molecule has 148 valence electrons. The molecule has 2 aromatic heterocycles. The maximum absolute atomic E-state index is 13.0. The van der Waals surface area contributed by atoms with Crippen molar-refractivity contribution in [2.75, 3.05) is 25.4 Å². The van der Waals surface area contributed by atoms with Crippen LogP contribution in [0.5, 0.6) is 0 Å². The average molecular weight is 401 g/mol. The molecule has 28 heavy (non-hydrogen) atoms. The summed E-state index contributed by atoms with van der Waals surface area (Å²) in [5.74, 6) is 0.430. The molecule has 0 aromatic carbocycles. The van der Waals surface area contributed by atoms with Gasteiger partial charge in [-0.15, -0.1) is 0 Å². The average Bonchev–Trinajstić information content (AvgIpc) is 3.33. The van der Waals surface area contributed by atoms with Gasteiger partial charge in [-0.3, -0.25) is 9.59 Å². The third-order valence-corrected chi connectivity index (χ3v) is 7.31. The zero-order chi connectivity index (χ0) is 19.5. The second kappa shape index (κ2) is 6.30. The first-order valence-electron chi connectivity index (χ1n) is 9.86. The second-order valence-electron chi connectivity index (χ2n) is 8.03. The molecule has 0 atom stereocenters. The Morgan fingerprint density at radius 3 is 2.68 bits per heavy atom. The summed E-state index contributed by atoms with van der Waals surface area (Å²) in [6.07, 6.45) is 5.96. The smallest absolute Gasteiger partial charge is 0.265 e. The van der Waals surface area contributed by atoms with Gasteiger partial charge in [-0.2, -0.15) is 0 Å². The Labute approximate surface area is 167 Å². The van der Waals surface area contributed by atoms with Crippen LogP contribution in [0.3, 0.4) is 0 Å². The molecule has 5 rings (SSSR count). The molecular weight excluding hydrogens is 376 g/mol. The summed E-state index contributed by atoms with van der Waals surface area (Å²) < 4.78 is 0. The largest absolute Gasteiger partial charge is 0.375 e. The lowest BCUT2D eigenvalue weighted by atomic mass is 9.78. The number of hydrogen-bond acceptors (Lipinski definition) is 6. The van der Waals surface area contributed by atoms with Crippen LogP contribution in [0.2, 0.25) is 0 Å². The van der Waals surface area contributed by atoms with Gasteiger partial charge >= 0.3 is 0 Å². The summed E-state index contributed by atoms with van der Waals surface area (Å²) in [5, 5.41) is 0.420. The first kappa shape index (κ1) is 17.7. The number of H-pyrrole nitrogens is 1. The standard InChI is InChI=1S/C19H24N6O2S/c1-11-14(28-18(20)23-11)17(27)24-8-5-19(6-9-24)15-13(21-10-22-15)4-7-25(19)16(26)12-2-3-12/h10,12H,2-9H2,1H3,(H2,20,23)(H,21,22). The van der Waals surface area contributed by atoms with Crippen molar-refractivity contribution in [2.45, 2.75) is 44.6 Å². The minimum absolute atomic E-state index is 0.0142. The number of nitrogens with zero attached hydrogens (tertiary/aromatic N) is 4. The number of thiazole rings is 1. The van der Waals surface area contributed by atoms with Crippen LogP contribution in [0, 0.1) is 12.8 Å². The van der Waals surface area contributed by atoms with Crippen molar-refractivity contribution in [1.29, 1.82) is 0 Å². The second-order valence-corrected chi connectivity index (χ2v) is 9.06. The lowest BCUT2D eigenvalue weighted by Crippen LogP contribution is -2.59. The molecule has 1 spiro atoms. The zero-order valence-electron chi connectivity index (χ0n) is 15.9. The van der Waals surface area contributed by atoms with Crippen LogP contribution in [-0.2, 0) is 16.8 Å². The lowest BCUT2D eigenvalue weighted by Gasteiger charge is -2.50. The number of likely N-dealkylation sites (tertiary alicyclic amines) is 1. The number of nitrogen functional groups attached to an aromatic ring is 1. The maximum atomic E-state index is 13.0. The van der Waals surface area contributed by atoms with Gasteiger partial charge in [0.15, 0.2) is 5.13 Å². The zero-order valence-corrected chi connectivity index (χ0v) is 16.7. The Hall–Kier alpha value is -2.42. The number of hydrogen-bond donors (Lipinski definition) is 2. The van der Waals surface area contributed by atoms with E-state index < -0.39 is 5.54 Å². The number of rotatable bonds is 2. The first-order valence-corrected chi connectivity index (χ1v) is 10.7. The van der Waals surface area contributed by atoms with Gasteiger partial charge in [0.2, 0.25) is 5.91 Å². The van der Waals surface area contributed by atoms with Crippen molar-refractivity contribution in [1.82, 2.24) is 24.8 Å². The third-order valence-electron chi connectivity index (χ3n) is 6.34. The fourth-order valence-electron chi connectivity index (χ4n) is 4.70. The topological polar surface area (TPSA) is 108 Å². The molecule has 2 amide bonds. The lowest BCUT2D eigenvalue weighted by molar-refractivity contribution is -0.143. The Balaban J connectivity index is 1.41. The van der Waals surface area contributed by atoms with Gasteiger partial charge in [0.05, 0.1) is 23.3 Å². The van der Waals surface area contributed by atoms with E-state index in [1.807, 2.05) is 11.8 Å². The van der Waals surface area contributed by atoms with Crippen molar-refractivity contribution >= 4 is 28.3 Å². The summed E-state index contributed by atoms with van der Waals surface area (Å²) in [7, 11) is 0. The SMILES string of the molecule is Cc1nc(N)sc1C(=O)N1CCC2(CC1)c1nc[nH]c1CCN2C(=O)C1CC1. The van der Waals surface area contributed by atoms with E-state index >= 15 is 0 Å². The number of fused-ring (bicyclic) bond motifs is 2. The fraction of sp³-hybridized carbons (Fsp3) is 0.579. The highest BCUT2D eigenvalue weighted by molar-refractivity contribution is 7.17. The van der Waals surface area contributed by atoms with Crippen LogP contribution in [0.25, 0.3) is 0 Å². The highest BCUT2D eigenvalue weighted by atomic mass is 32.1. The number of aromatic amines is 1. The molecule has 8 nitrogen and oxygen atoms in total. The Morgan fingerprint density at radius 2 is 2.04 bits per heavy atom. The molecule has 3 aliphatic rings. The quantitative estimate of drug-likeness (QED) is 0.797. The normalized spacial score (nSPS) is 21.0. The predicted octanol–water partition coefficient (Wildman–Crippen LogP) is 1.68. The van der Waals surface area contributed by atoms with Crippen molar-refractivity contribution in [3.8, 4) is 0 Å². The van der Waals surface area contributed by atoms with Crippen LogP contribution < -0.4 is 5.73 Å². The minimum atomic E-state index is -0.397. The summed E-state index contributed by atoms with van der Waals surface area (Å²) in [5.41, 5.74) is 8.18. The number of piperidine rings is 1. The number of amides is 2. The van der Waals surface area contributed by atoms with Crippen LogP contribution in [0.4, 0.5) is 5.13 Å². The molecule has 1 aliphatic carbocycles. The predicted molar refractivity (Wildman–Crippen MR) is 105 cm³/mol. The third kappa shape index (κ3) is 2.63. The van der Waals surface area contributed by atoms with Crippen LogP contribution in [-0.4, -0.2) is 56.2 Å². The molecule has 0 radical (unpaired) electrons. The molecule has 0 bridgehead atoms. The Morgan fingerprint density at radius 1 is 1.29 bits per heavy atom. The van der Waals surface area contributed by atoms with Gasteiger partial charge in [0.25, 0.3) is 5.91 Å². The van der Waals surface area contributed by atoms with Gasteiger partial charge in [0, 0.05) is 37.7 Å². The van der Waals surface area contributed by atoms with E-state index in [9.17, 15) is 9.59 Å². The van der Waals surface area contributed by atoms with Gasteiger partial charge in [-0.05, 0) is 32.6 Å². The highest BCUT2D eigenvalue weighted by Crippen LogP contribution is 2.45. The van der Waals surface area contributed by atoms with Crippen molar-refractivity contribution in [3.63, 3.8) is 0 Å². The van der Waals surface area contributed by atoms with Gasteiger partial charge in [-0.25, -0.2) is 9.97 Å². The van der Waals surface area contributed by atoms with E-state index in [1.54, 1.807) is 6.33 Å². The molecule has 4 heterocycles. The van der Waals surface area contributed by atoms with E-state index in [2.05, 4.69) is 19.9 Å². The number of nitrogens with two attached hydrogens (primary N) is 1. The highest BCUT2D eigenvalue weighted by Gasteiger charge is 2.51. The molecule has 2 aromatic rings. The minimum Gasteiger partial charge on any atom is -0.375 e. The molecule has 9 heteroatoms. The molecule has 1 saturated carbocycles. The van der Waals surface area contributed by atoms with E-state index in [4.69, 9.17) is 5.73 Å². The van der Waals surface area contributed by atoms with Crippen molar-refractivity contribution < 1.29 is 9.59 Å². The van der Waals surface area contributed by atoms with Gasteiger partial charge < -0.3 is 20.5 Å². The number of imidazole rings is 1. The Bertz CT molecular complexity index is 938. The summed E-state index contributed by atoms with van der Waals surface area (Å²) in [6, 6.07) is 0. The number of nitrogens with one attached hydrogen (secondary N) is 1. The Kier molecular flexibility index (Phi) is 3.97. The number of aryl methyl sites for hydroxylation is 1. The summed E-state index contributed by atoms with van der Waals surface area (Å²) in [6.45, 7) is 3.73. The number of carbonyl (C=O) groups is 2. The van der Waals surface area contributed by atoms with Crippen molar-refractivity contribution in [3.05, 3.63) is 28.3 Å². The van der Waals surface area contributed by atoms with Crippen LogP contribution in [0.15, 0.2) is 6.33 Å².